The number of hydrogen-bond donors (Lipinski definition) is 2. The summed E-state index contributed by atoms with van der Waals surface area (Å²) >= 11 is 0. The van der Waals surface area contributed by atoms with Crippen LogP contribution < -0.4 is 5.32 Å². The first kappa shape index (κ1) is 8.26. The summed E-state index contributed by atoms with van der Waals surface area (Å²) in [5.41, 5.74) is 2.15. The molecule has 1 amide bonds. The van der Waals surface area contributed by atoms with Crippen LogP contribution in [0.5, 0.6) is 0 Å². The van der Waals surface area contributed by atoms with E-state index >= 15 is 0 Å². The maximum atomic E-state index is 10.3. The quantitative estimate of drug-likeness (QED) is 0.642. The highest BCUT2D eigenvalue weighted by Crippen LogP contribution is 2.30. The molecule has 0 radical (unpaired) electrons. The van der Waals surface area contributed by atoms with Crippen molar-refractivity contribution < 1.29 is 9.90 Å². The fourth-order valence-corrected chi connectivity index (χ4v) is 1.85. The van der Waals surface area contributed by atoms with Crippen molar-refractivity contribution in [3.8, 4) is 0 Å². The lowest BCUT2D eigenvalue weighted by atomic mass is 10.1. The molecule has 68 valence electrons. The largest absolute Gasteiger partial charge is 0.390 e. The molecule has 2 atom stereocenters. The lowest BCUT2D eigenvalue weighted by Gasteiger charge is -2.13. The lowest BCUT2D eigenvalue weighted by Crippen LogP contribution is -2.27. The molecule has 0 bridgehead atoms. The van der Waals surface area contributed by atoms with Gasteiger partial charge in [0, 0.05) is 6.42 Å². The third-order valence-corrected chi connectivity index (χ3v) is 2.45. The van der Waals surface area contributed by atoms with Crippen LogP contribution in [0.15, 0.2) is 24.3 Å². The molecule has 0 heterocycles. The highest BCUT2D eigenvalue weighted by molar-refractivity contribution is 5.50. The fraction of sp³-hybridized carbons (Fsp3) is 0.300. The van der Waals surface area contributed by atoms with Crippen molar-refractivity contribution in [3.05, 3.63) is 35.4 Å². The normalized spacial score (nSPS) is 25.3. The van der Waals surface area contributed by atoms with Crippen LogP contribution in [-0.4, -0.2) is 17.6 Å². The Bertz CT molecular complexity index is 324. The van der Waals surface area contributed by atoms with Crippen LogP contribution in [0.2, 0.25) is 0 Å². The number of aliphatic hydroxyl groups is 1. The molecule has 0 fully saturated rings. The number of amides is 1. The van der Waals surface area contributed by atoms with E-state index in [-0.39, 0.29) is 6.04 Å². The van der Waals surface area contributed by atoms with Crippen molar-refractivity contribution in [1.29, 1.82) is 0 Å². The number of benzene rings is 1. The molecular formula is C10H11NO2. The lowest BCUT2D eigenvalue weighted by molar-refractivity contribution is -0.110. The van der Waals surface area contributed by atoms with Gasteiger partial charge >= 0.3 is 0 Å². The summed E-state index contributed by atoms with van der Waals surface area (Å²) in [6, 6.07) is 7.54. The van der Waals surface area contributed by atoms with Gasteiger partial charge in [-0.15, -0.1) is 0 Å². The molecule has 2 rings (SSSR count). The van der Waals surface area contributed by atoms with Crippen LogP contribution in [-0.2, 0) is 11.2 Å². The third kappa shape index (κ3) is 1.31. The van der Waals surface area contributed by atoms with Crippen LogP contribution in [0.4, 0.5) is 0 Å². The average molecular weight is 177 g/mol. The van der Waals surface area contributed by atoms with Crippen LogP contribution in [0.1, 0.15) is 17.2 Å². The standard InChI is InChI=1S/C10H11NO2/c12-6-11-10-8-4-2-1-3-7(8)5-9(10)13/h1-4,6,9-10,13H,5H2,(H,11,12)/t9-,10+/m0/s1. The van der Waals surface area contributed by atoms with Gasteiger partial charge in [-0.05, 0) is 11.1 Å². The summed E-state index contributed by atoms with van der Waals surface area (Å²) < 4.78 is 0. The van der Waals surface area contributed by atoms with E-state index in [1.54, 1.807) is 0 Å². The fourth-order valence-electron chi connectivity index (χ4n) is 1.85. The number of rotatable bonds is 2. The van der Waals surface area contributed by atoms with Gasteiger partial charge in [-0.3, -0.25) is 4.79 Å². The Morgan fingerprint density at radius 2 is 2.23 bits per heavy atom. The number of fused-ring (bicyclic) bond motifs is 1. The predicted octanol–water partition coefficient (Wildman–Crippen LogP) is 0.391. The first-order valence-corrected chi connectivity index (χ1v) is 4.28. The number of hydrogen-bond acceptors (Lipinski definition) is 2. The first-order valence-electron chi connectivity index (χ1n) is 4.28. The van der Waals surface area contributed by atoms with Gasteiger partial charge < -0.3 is 10.4 Å². The zero-order valence-electron chi connectivity index (χ0n) is 7.10. The number of aliphatic hydroxyl groups excluding tert-OH is 1. The molecule has 1 aliphatic carbocycles. The Kier molecular flexibility index (Phi) is 2.02. The Morgan fingerprint density at radius 1 is 1.46 bits per heavy atom. The zero-order chi connectivity index (χ0) is 9.26. The van der Waals surface area contributed by atoms with E-state index in [1.165, 1.54) is 0 Å². The summed E-state index contributed by atoms with van der Waals surface area (Å²) in [6.07, 6.45) is 0.778. The van der Waals surface area contributed by atoms with E-state index in [2.05, 4.69) is 5.32 Å². The van der Waals surface area contributed by atoms with E-state index in [4.69, 9.17) is 0 Å². The van der Waals surface area contributed by atoms with E-state index in [1.807, 2.05) is 24.3 Å². The van der Waals surface area contributed by atoms with Gasteiger partial charge in [-0.25, -0.2) is 0 Å². The topological polar surface area (TPSA) is 49.3 Å². The second kappa shape index (κ2) is 3.18. The molecule has 0 saturated heterocycles. The Labute approximate surface area is 76.4 Å². The minimum absolute atomic E-state index is 0.228. The average Bonchev–Trinajstić information content (AvgIpc) is 2.44. The summed E-state index contributed by atoms with van der Waals surface area (Å²) in [7, 11) is 0. The molecule has 1 aromatic carbocycles. The first-order chi connectivity index (χ1) is 6.33. The van der Waals surface area contributed by atoms with Gasteiger partial charge in [-0.2, -0.15) is 0 Å². The molecule has 3 nitrogen and oxygen atoms in total. The van der Waals surface area contributed by atoms with Crippen LogP contribution >= 0.6 is 0 Å². The van der Waals surface area contributed by atoms with Crippen molar-refractivity contribution in [1.82, 2.24) is 5.32 Å². The molecule has 0 aromatic heterocycles. The highest BCUT2D eigenvalue weighted by atomic mass is 16.3. The van der Waals surface area contributed by atoms with E-state index in [0.29, 0.717) is 12.8 Å². The van der Waals surface area contributed by atoms with Crippen molar-refractivity contribution in [2.75, 3.05) is 0 Å². The monoisotopic (exact) mass is 177 g/mol. The Balaban J connectivity index is 2.34. The van der Waals surface area contributed by atoms with E-state index < -0.39 is 6.10 Å². The van der Waals surface area contributed by atoms with E-state index in [0.717, 1.165) is 11.1 Å². The maximum Gasteiger partial charge on any atom is 0.207 e. The summed E-state index contributed by atoms with van der Waals surface area (Å²) in [6.45, 7) is 0. The molecule has 2 N–H and O–H groups in total. The van der Waals surface area contributed by atoms with Gasteiger partial charge in [0.1, 0.15) is 0 Å². The number of carbonyl (C=O) groups is 1. The Hall–Kier alpha value is -1.35. The maximum absolute atomic E-state index is 10.3. The predicted molar refractivity (Wildman–Crippen MR) is 48.1 cm³/mol. The van der Waals surface area contributed by atoms with Crippen LogP contribution in [0, 0.1) is 0 Å². The van der Waals surface area contributed by atoms with Crippen molar-refractivity contribution >= 4 is 6.41 Å². The van der Waals surface area contributed by atoms with Crippen molar-refractivity contribution in [2.45, 2.75) is 18.6 Å². The summed E-state index contributed by atoms with van der Waals surface area (Å²) in [5.74, 6) is 0. The minimum atomic E-state index is -0.484. The molecule has 0 aliphatic heterocycles. The molecular weight excluding hydrogens is 166 g/mol. The summed E-state index contributed by atoms with van der Waals surface area (Å²) in [4.78, 5) is 10.3. The number of nitrogens with one attached hydrogen (secondary N) is 1. The van der Waals surface area contributed by atoms with Crippen LogP contribution in [0.25, 0.3) is 0 Å². The molecule has 3 heteroatoms. The van der Waals surface area contributed by atoms with Crippen LogP contribution in [0.3, 0.4) is 0 Å². The molecule has 0 saturated carbocycles. The SMILES string of the molecule is O=CN[C@@H]1c2ccccc2C[C@@H]1O. The highest BCUT2D eigenvalue weighted by Gasteiger charge is 2.29. The molecule has 1 aromatic rings. The number of carbonyl (C=O) groups excluding carboxylic acids is 1. The Morgan fingerprint density at radius 3 is 3.00 bits per heavy atom. The van der Waals surface area contributed by atoms with E-state index in [9.17, 15) is 9.90 Å². The van der Waals surface area contributed by atoms with Gasteiger partial charge in [0.2, 0.25) is 6.41 Å². The van der Waals surface area contributed by atoms with Gasteiger partial charge in [-0.1, -0.05) is 24.3 Å². The summed E-state index contributed by atoms with van der Waals surface area (Å²) in [5, 5.41) is 12.2. The molecule has 13 heavy (non-hydrogen) atoms. The molecule has 1 aliphatic rings. The second-order valence-corrected chi connectivity index (χ2v) is 3.23. The third-order valence-electron chi connectivity index (χ3n) is 2.45. The second-order valence-electron chi connectivity index (χ2n) is 3.23. The van der Waals surface area contributed by atoms with Crippen molar-refractivity contribution in [2.24, 2.45) is 0 Å². The molecule has 0 unspecified atom stereocenters. The van der Waals surface area contributed by atoms with Gasteiger partial charge in [0.05, 0.1) is 12.1 Å². The van der Waals surface area contributed by atoms with Crippen molar-refractivity contribution in [3.63, 3.8) is 0 Å². The van der Waals surface area contributed by atoms with Gasteiger partial charge in [0.15, 0.2) is 0 Å². The molecule has 0 spiro atoms. The smallest absolute Gasteiger partial charge is 0.207 e. The van der Waals surface area contributed by atoms with Gasteiger partial charge in [0.25, 0.3) is 0 Å². The zero-order valence-corrected chi connectivity index (χ0v) is 7.10. The minimum Gasteiger partial charge on any atom is -0.390 e.